The van der Waals surface area contributed by atoms with E-state index in [0.717, 1.165) is 34.1 Å². The second-order valence-corrected chi connectivity index (χ2v) is 10.3. The molecule has 2 aromatic carbocycles. The minimum Gasteiger partial charge on any atom is -0.495 e. The quantitative estimate of drug-likeness (QED) is 0.152. The van der Waals surface area contributed by atoms with Gasteiger partial charge < -0.3 is 24.3 Å². The Bertz CT molecular complexity index is 1550. The summed E-state index contributed by atoms with van der Waals surface area (Å²) in [5.41, 5.74) is 5.19. The first-order chi connectivity index (χ1) is 19.2. The first kappa shape index (κ1) is 27.1. The largest absolute Gasteiger partial charge is 0.495 e. The van der Waals surface area contributed by atoms with E-state index in [9.17, 15) is 10.1 Å². The summed E-state index contributed by atoms with van der Waals surface area (Å²) in [6.45, 7) is 7.98. The van der Waals surface area contributed by atoms with Crippen molar-refractivity contribution in [2.75, 3.05) is 12.0 Å². The Labute approximate surface area is 238 Å². The molecule has 1 fully saturated rings. The van der Waals surface area contributed by atoms with Crippen molar-refractivity contribution in [2.24, 2.45) is 0 Å². The number of rotatable bonds is 8. The Morgan fingerprint density at radius 2 is 1.82 bits per heavy atom. The van der Waals surface area contributed by atoms with Crippen molar-refractivity contribution in [3.63, 3.8) is 0 Å². The van der Waals surface area contributed by atoms with Crippen LogP contribution < -0.4 is 19.7 Å². The number of aryl methyl sites for hydroxylation is 1. The van der Waals surface area contributed by atoms with Crippen molar-refractivity contribution in [3.8, 4) is 17.2 Å². The molecule has 0 radical (unpaired) electrons. The van der Waals surface area contributed by atoms with Crippen molar-refractivity contribution in [1.29, 1.82) is 0 Å². The summed E-state index contributed by atoms with van der Waals surface area (Å²) in [4.78, 5) is 17.9. The summed E-state index contributed by atoms with van der Waals surface area (Å²) in [6, 6.07) is 20.0. The van der Waals surface area contributed by atoms with Crippen LogP contribution in [0.5, 0.6) is 11.5 Å². The van der Waals surface area contributed by atoms with E-state index in [1.807, 2.05) is 74.7 Å². The van der Waals surface area contributed by atoms with E-state index in [4.69, 9.17) is 21.7 Å². The monoisotopic (exact) mass is 557 g/mol. The Morgan fingerprint density at radius 3 is 2.45 bits per heavy atom. The van der Waals surface area contributed by atoms with E-state index in [0.29, 0.717) is 16.5 Å². The van der Waals surface area contributed by atoms with Gasteiger partial charge in [0.1, 0.15) is 11.5 Å². The van der Waals surface area contributed by atoms with E-state index in [1.54, 1.807) is 25.4 Å². The van der Waals surface area contributed by atoms with Crippen molar-refractivity contribution in [3.05, 3.63) is 106 Å². The fourth-order valence-electron chi connectivity index (χ4n) is 5.33. The number of methoxy groups -OCH3 is 1. The second-order valence-electron chi connectivity index (χ2n) is 9.93. The molecule has 4 aromatic rings. The van der Waals surface area contributed by atoms with Gasteiger partial charge in [0.2, 0.25) is 0 Å². The summed E-state index contributed by atoms with van der Waals surface area (Å²) < 4.78 is 13.5. The topological polar surface area (TPSA) is 94.7 Å². The second kappa shape index (κ2) is 11.0. The SMILES string of the molecule is COc1ccc([N+](=O)[O-])cc1-n1c(C)cc(C2C(c3ccccn3)NC(=S)N2c2ccc(OC(C)C)cc2)c1C. The molecular weight excluding hydrogens is 526 g/mol. The number of nitrogens with zero attached hydrogens (tertiary/aromatic N) is 4. The lowest BCUT2D eigenvalue weighted by atomic mass is 9.96. The van der Waals surface area contributed by atoms with Gasteiger partial charge in [-0.1, -0.05) is 6.07 Å². The lowest BCUT2D eigenvalue weighted by molar-refractivity contribution is -0.384. The van der Waals surface area contributed by atoms with Gasteiger partial charge in [-0.2, -0.15) is 0 Å². The smallest absolute Gasteiger partial charge is 0.271 e. The van der Waals surface area contributed by atoms with Gasteiger partial charge in [-0.25, -0.2) is 0 Å². The molecule has 0 bridgehead atoms. The molecule has 10 heteroatoms. The number of ether oxygens (including phenoxy) is 2. The number of nitro groups is 1. The summed E-state index contributed by atoms with van der Waals surface area (Å²) in [7, 11) is 1.56. The molecule has 0 aliphatic carbocycles. The minimum atomic E-state index is -0.400. The van der Waals surface area contributed by atoms with Crippen LogP contribution in [0, 0.1) is 24.0 Å². The molecule has 0 spiro atoms. The number of pyridine rings is 1. The van der Waals surface area contributed by atoms with E-state index < -0.39 is 4.92 Å². The normalized spacial score (nSPS) is 16.8. The third-order valence-corrected chi connectivity index (χ3v) is 7.30. The number of aromatic nitrogens is 2. The van der Waals surface area contributed by atoms with Gasteiger partial charge in [-0.3, -0.25) is 15.1 Å². The van der Waals surface area contributed by atoms with E-state index in [2.05, 4.69) is 21.3 Å². The van der Waals surface area contributed by atoms with Crippen LogP contribution in [0.3, 0.4) is 0 Å². The minimum absolute atomic E-state index is 0.00902. The lowest BCUT2D eigenvalue weighted by Crippen LogP contribution is -2.29. The molecule has 40 heavy (non-hydrogen) atoms. The fraction of sp³-hybridized carbons (Fsp3) is 0.267. The zero-order valence-electron chi connectivity index (χ0n) is 23.0. The van der Waals surface area contributed by atoms with Crippen LogP contribution in [0.4, 0.5) is 11.4 Å². The van der Waals surface area contributed by atoms with Crippen LogP contribution >= 0.6 is 12.2 Å². The summed E-state index contributed by atoms with van der Waals surface area (Å²) in [5, 5.41) is 15.7. The fourth-order valence-corrected chi connectivity index (χ4v) is 5.68. The highest BCUT2D eigenvalue weighted by Gasteiger charge is 2.42. The van der Waals surface area contributed by atoms with Gasteiger partial charge in [-0.15, -0.1) is 0 Å². The molecule has 3 heterocycles. The maximum atomic E-state index is 11.6. The molecule has 5 rings (SSSR count). The van der Waals surface area contributed by atoms with E-state index in [1.165, 1.54) is 6.07 Å². The molecule has 1 aliphatic rings. The molecule has 2 atom stereocenters. The van der Waals surface area contributed by atoms with Gasteiger partial charge in [-0.05, 0) is 94.0 Å². The highest BCUT2D eigenvalue weighted by atomic mass is 32.1. The number of benzene rings is 2. The predicted octanol–water partition coefficient (Wildman–Crippen LogP) is 6.37. The summed E-state index contributed by atoms with van der Waals surface area (Å²) in [5.74, 6) is 1.32. The third-order valence-electron chi connectivity index (χ3n) is 6.99. The highest BCUT2D eigenvalue weighted by Crippen LogP contribution is 2.44. The van der Waals surface area contributed by atoms with Crippen molar-refractivity contribution < 1.29 is 14.4 Å². The number of thiocarbonyl (C=S) groups is 1. The average Bonchev–Trinajstić information content (AvgIpc) is 3.43. The molecule has 2 unspecified atom stereocenters. The van der Waals surface area contributed by atoms with Gasteiger partial charge >= 0.3 is 0 Å². The number of hydrogen-bond acceptors (Lipinski definition) is 6. The number of non-ortho nitro benzene ring substituents is 1. The Kier molecular flexibility index (Phi) is 7.44. The average molecular weight is 558 g/mol. The number of anilines is 1. The highest BCUT2D eigenvalue weighted by molar-refractivity contribution is 7.80. The molecule has 1 aliphatic heterocycles. The van der Waals surface area contributed by atoms with E-state index in [-0.39, 0.29) is 23.9 Å². The Balaban J connectivity index is 1.66. The zero-order chi connectivity index (χ0) is 28.6. The van der Waals surface area contributed by atoms with Crippen LogP contribution in [0.1, 0.15) is 48.6 Å². The zero-order valence-corrected chi connectivity index (χ0v) is 23.8. The van der Waals surface area contributed by atoms with Crippen LogP contribution in [0.2, 0.25) is 0 Å². The predicted molar refractivity (Wildman–Crippen MR) is 159 cm³/mol. The van der Waals surface area contributed by atoms with Crippen LogP contribution in [-0.2, 0) is 0 Å². The lowest BCUT2D eigenvalue weighted by Gasteiger charge is -2.28. The maximum absolute atomic E-state index is 11.6. The number of nitro benzene ring substituents is 1. The molecular formula is C30H31N5O4S. The number of hydrogen-bond donors (Lipinski definition) is 1. The van der Waals surface area contributed by atoms with Crippen LogP contribution in [0.15, 0.2) is 72.9 Å². The van der Waals surface area contributed by atoms with Gasteiger partial charge in [0.15, 0.2) is 5.11 Å². The first-order valence-electron chi connectivity index (χ1n) is 13.0. The van der Waals surface area contributed by atoms with Crippen LogP contribution in [0.25, 0.3) is 5.69 Å². The Morgan fingerprint density at radius 1 is 1.07 bits per heavy atom. The van der Waals surface area contributed by atoms with Crippen molar-refractivity contribution in [1.82, 2.24) is 14.9 Å². The summed E-state index contributed by atoms with van der Waals surface area (Å²) in [6.07, 6.45) is 1.84. The first-order valence-corrected chi connectivity index (χ1v) is 13.4. The third kappa shape index (κ3) is 4.98. The van der Waals surface area contributed by atoms with Gasteiger partial charge in [0.05, 0.1) is 41.6 Å². The molecule has 1 N–H and O–H groups in total. The maximum Gasteiger partial charge on any atom is 0.271 e. The standard InChI is InChI=1S/C30H31N5O4S/c1-18(2)39-23-12-9-21(10-13-23)34-29(28(32-30(34)40)25-8-6-7-15-31-25)24-16-19(3)33(20(24)4)26-17-22(35(36)37)11-14-27(26)38-5/h6-18,28-29H,1-5H3,(H,32,40). The Hall–Kier alpha value is -4.44. The molecule has 206 valence electrons. The van der Waals surface area contributed by atoms with Gasteiger partial charge in [0, 0.05) is 35.4 Å². The number of nitrogens with one attached hydrogen (secondary N) is 1. The molecule has 1 saturated heterocycles. The molecule has 0 amide bonds. The molecule has 2 aromatic heterocycles. The molecule has 0 saturated carbocycles. The van der Waals surface area contributed by atoms with Gasteiger partial charge in [0.25, 0.3) is 5.69 Å². The summed E-state index contributed by atoms with van der Waals surface area (Å²) >= 11 is 5.90. The van der Waals surface area contributed by atoms with Crippen molar-refractivity contribution in [2.45, 2.75) is 45.9 Å². The van der Waals surface area contributed by atoms with E-state index >= 15 is 0 Å². The molecule has 9 nitrogen and oxygen atoms in total. The van der Waals surface area contributed by atoms with Crippen molar-refractivity contribution >= 4 is 28.7 Å². The van der Waals surface area contributed by atoms with Crippen LogP contribution in [-0.4, -0.2) is 32.8 Å².